The van der Waals surface area contributed by atoms with Crippen LogP contribution in [0.1, 0.15) is 75.1 Å². The summed E-state index contributed by atoms with van der Waals surface area (Å²) in [5, 5.41) is 3.99. The highest BCUT2D eigenvalue weighted by molar-refractivity contribution is 5.93. The van der Waals surface area contributed by atoms with Crippen LogP contribution in [0.4, 0.5) is 17.1 Å². The molecule has 1 fully saturated rings. The Balaban J connectivity index is 1.60. The molecule has 3 aliphatic rings. The second-order valence-corrected chi connectivity index (χ2v) is 9.63. The van der Waals surface area contributed by atoms with Gasteiger partial charge in [-0.25, -0.2) is 4.98 Å². The van der Waals surface area contributed by atoms with Crippen LogP contribution in [0.3, 0.4) is 0 Å². The molecule has 3 aromatic rings. The van der Waals surface area contributed by atoms with Gasteiger partial charge in [0.1, 0.15) is 5.69 Å². The number of aromatic nitrogens is 2. The number of anilines is 3. The summed E-state index contributed by atoms with van der Waals surface area (Å²) < 4.78 is 0. The third-order valence-electron chi connectivity index (χ3n) is 7.80. The van der Waals surface area contributed by atoms with Crippen LogP contribution in [0.2, 0.25) is 0 Å². The van der Waals surface area contributed by atoms with E-state index in [9.17, 15) is 4.79 Å². The van der Waals surface area contributed by atoms with Crippen molar-refractivity contribution in [1.29, 1.82) is 0 Å². The number of nitrogens with zero attached hydrogens (tertiary/aromatic N) is 2. The van der Waals surface area contributed by atoms with Crippen LogP contribution in [-0.4, -0.2) is 16.5 Å². The second-order valence-electron chi connectivity index (χ2n) is 9.63. The van der Waals surface area contributed by atoms with Crippen molar-refractivity contribution in [2.75, 3.05) is 16.8 Å². The number of fused-ring (bicyclic) bond motifs is 4. The van der Waals surface area contributed by atoms with Gasteiger partial charge in [-0.05, 0) is 43.4 Å². The number of para-hydroxylation sites is 1. The quantitative estimate of drug-likeness (QED) is 0.563. The first-order valence-electron chi connectivity index (χ1n) is 11.9. The molecule has 5 heteroatoms. The average molecular weight is 415 g/mol. The standard InChI is InChI=1S/C26H30N4O/c1-3-16(2)23-25(31)28-19-14-21-22(15-20(19)27-23)30-13-10-17-8-7-9-18(24(17)30)26(29-21)11-5-4-6-12-26/h7-9,14-16,29H,3-6,10-13H2,1-2H3,(H,28,31). The van der Waals surface area contributed by atoms with Crippen LogP contribution in [0, 0.1) is 0 Å². The maximum atomic E-state index is 12.7. The minimum Gasteiger partial charge on any atom is -0.374 e. The van der Waals surface area contributed by atoms with Crippen molar-refractivity contribution >= 4 is 28.1 Å². The number of hydrogen-bond donors (Lipinski definition) is 2. The van der Waals surface area contributed by atoms with Gasteiger partial charge in [0.2, 0.25) is 0 Å². The van der Waals surface area contributed by atoms with Crippen molar-refractivity contribution in [1.82, 2.24) is 9.97 Å². The molecule has 2 aromatic carbocycles. The van der Waals surface area contributed by atoms with Crippen molar-refractivity contribution in [3.63, 3.8) is 0 Å². The monoisotopic (exact) mass is 414 g/mol. The summed E-state index contributed by atoms with van der Waals surface area (Å²) in [7, 11) is 0. The van der Waals surface area contributed by atoms with Crippen molar-refractivity contribution < 1.29 is 0 Å². The highest BCUT2D eigenvalue weighted by Crippen LogP contribution is 2.53. The topological polar surface area (TPSA) is 61.0 Å². The lowest BCUT2D eigenvalue weighted by molar-refractivity contribution is 0.332. The van der Waals surface area contributed by atoms with Gasteiger partial charge in [0.25, 0.3) is 5.56 Å². The molecular weight excluding hydrogens is 384 g/mol. The Morgan fingerprint density at radius 3 is 2.84 bits per heavy atom. The van der Waals surface area contributed by atoms with E-state index in [1.807, 2.05) is 0 Å². The van der Waals surface area contributed by atoms with Crippen molar-refractivity contribution in [2.45, 2.75) is 70.3 Å². The molecule has 1 saturated carbocycles. The van der Waals surface area contributed by atoms with Crippen LogP contribution in [-0.2, 0) is 12.0 Å². The Morgan fingerprint density at radius 2 is 2.03 bits per heavy atom. The van der Waals surface area contributed by atoms with E-state index < -0.39 is 0 Å². The smallest absolute Gasteiger partial charge is 0.270 e. The summed E-state index contributed by atoms with van der Waals surface area (Å²) in [5.74, 6) is 0.148. The zero-order valence-corrected chi connectivity index (χ0v) is 18.4. The SMILES string of the molecule is CCC(C)c1nc2cc3c(cc2[nH]c1=O)NC1(CCCCC1)c1cccc2c1N3CC2. The molecule has 2 aliphatic heterocycles. The molecule has 1 spiro atoms. The lowest BCUT2D eigenvalue weighted by Gasteiger charge is -2.39. The number of nitrogens with one attached hydrogen (secondary N) is 2. The Labute approximate surface area is 182 Å². The molecule has 2 N–H and O–H groups in total. The van der Waals surface area contributed by atoms with E-state index >= 15 is 0 Å². The largest absolute Gasteiger partial charge is 0.374 e. The van der Waals surface area contributed by atoms with Gasteiger partial charge < -0.3 is 15.2 Å². The van der Waals surface area contributed by atoms with E-state index in [2.05, 4.69) is 59.4 Å². The summed E-state index contributed by atoms with van der Waals surface area (Å²) >= 11 is 0. The normalized spacial score (nSPS) is 19.6. The predicted octanol–water partition coefficient (Wildman–Crippen LogP) is 5.72. The Kier molecular flexibility index (Phi) is 4.17. The lowest BCUT2D eigenvalue weighted by Crippen LogP contribution is -2.37. The van der Waals surface area contributed by atoms with Gasteiger partial charge in [-0.1, -0.05) is 51.3 Å². The molecule has 31 heavy (non-hydrogen) atoms. The fourth-order valence-corrected chi connectivity index (χ4v) is 5.95. The van der Waals surface area contributed by atoms with Gasteiger partial charge >= 0.3 is 0 Å². The van der Waals surface area contributed by atoms with Gasteiger partial charge in [-0.2, -0.15) is 0 Å². The Morgan fingerprint density at radius 1 is 1.19 bits per heavy atom. The van der Waals surface area contributed by atoms with Crippen LogP contribution in [0.15, 0.2) is 35.1 Å². The van der Waals surface area contributed by atoms with Crippen molar-refractivity contribution in [3.8, 4) is 0 Å². The first-order valence-corrected chi connectivity index (χ1v) is 11.9. The highest BCUT2D eigenvalue weighted by Gasteiger charge is 2.42. The molecule has 5 nitrogen and oxygen atoms in total. The maximum Gasteiger partial charge on any atom is 0.270 e. The molecule has 6 rings (SSSR count). The molecule has 1 aliphatic carbocycles. The zero-order valence-electron chi connectivity index (χ0n) is 18.4. The van der Waals surface area contributed by atoms with Crippen LogP contribution < -0.4 is 15.8 Å². The van der Waals surface area contributed by atoms with Gasteiger partial charge in [0, 0.05) is 18.0 Å². The number of aromatic amines is 1. The fourth-order valence-electron chi connectivity index (χ4n) is 5.95. The minimum absolute atomic E-state index is 0.0322. The summed E-state index contributed by atoms with van der Waals surface area (Å²) in [6, 6.07) is 11.2. The molecule has 1 unspecified atom stereocenters. The first-order chi connectivity index (χ1) is 15.1. The Hall–Kier alpha value is -2.82. The van der Waals surface area contributed by atoms with Crippen LogP contribution in [0.5, 0.6) is 0 Å². The summed E-state index contributed by atoms with van der Waals surface area (Å²) in [6.45, 7) is 5.16. The molecule has 0 saturated heterocycles. The molecule has 0 radical (unpaired) electrons. The molecular formula is C26H30N4O. The van der Waals surface area contributed by atoms with Crippen LogP contribution in [0.25, 0.3) is 11.0 Å². The number of benzene rings is 2. The van der Waals surface area contributed by atoms with E-state index in [-0.39, 0.29) is 17.0 Å². The van der Waals surface area contributed by atoms with E-state index in [0.717, 1.165) is 48.9 Å². The zero-order chi connectivity index (χ0) is 21.2. The van der Waals surface area contributed by atoms with Gasteiger partial charge in [0.15, 0.2) is 0 Å². The fraction of sp³-hybridized carbons (Fsp3) is 0.462. The van der Waals surface area contributed by atoms with Crippen LogP contribution >= 0.6 is 0 Å². The summed E-state index contributed by atoms with van der Waals surface area (Å²) in [6.07, 6.45) is 8.08. The average Bonchev–Trinajstić information content (AvgIpc) is 3.18. The second kappa shape index (κ2) is 6.84. The molecule has 0 amide bonds. The molecule has 1 atom stereocenters. The Bertz CT molecular complexity index is 1240. The van der Waals surface area contributed by atoms with Gasteiger partial charge in [0.05, 0.1) is 33.6 Å². The summed E-state index contributed by atoms with van der Waals surface area (Å²) in [5.41, 5.74) is 8.86. The third kappa shape index (κ3) is 2.75. The number of rotatable bonds is 2. The highest BCUT2D eigenvalue weighted by atomic mass is 16.1. The van der Waals surface area contributed by atoms with E-state index in [1.54, 1.807) is 0 Å². The van der Waals surface area contributed by atoms with E-state index in [4.69, 9.17) is 4.98 Å². The molecule has 3 heterocycles. The number of hydrogen-bond acceptors (Lipinski definition) is 4. The lowest BCUT2D eigenvalue weighted by atomic mass is 9.75. The number of H-pyrrole nitrogens is 1. The van der Waals surface area contributed by atoms with Gasteiger partial charge in [-0.3, -0.25) is 4.79 Å². The first kappa shape index (κ1) is 18.9. The minimum atomic E-state index is -0.0606. The molecule has 0 bridgehead atoms. The maximum absolute atomic E-state index is 12.7. The van der Waals surface area contributed by atoms with Gasteiger partial charge in [-0.15, -0.1) is 0 Å². The van der Waals surface area contributed by atoms with Crippen molar-refractivity contribution in [3.05, 3.63) is 57.5 Å². The van der Waals surface area contributed by atoms with E-state index in [0.29, 0.717) is 5.69 Å². The van der Waals surface area contributed by atoms with E-state index in [1.165, 1.54) is 41.8 Å². The third-order valence-corrected chi connectivity index (χ3v) is 7.80. The molecule has 1 aromatic heterocycles. The predicted molar refractivity (Wildman–Crippen MR) is 127 cm³/mol. The summed E-state index contributed by atoms with van der Waals surface area (Å²) in [4.78, 5) is 23.2. The van der Waals surface area contributed by atoms with Crippen molar-refractivity contribution in [2.24, 2.45) is 0 Å². The molecule has 160 valence electrons.